The molecule has 3 aromatic rings. The summed E-state index contributed by atoms with van der Waals surface area (Å²) in [6, 6.07) is 14.4. The minimum absolute atomic E-state index is 0.0705. The highest BCUT2D eigenvalue weighted by Crippen LogP contribution is 2.58. The number of methoxy groups -OCH3 is 2. The molecule has 4 bridgehead atoms. The molecule has 1 amide bonds. The summed E-state index contributed by atoms with van der Waals surface area (Å²) >= 11 is 6.56. The van der Waals surface area contributed by atoms with Crippen LogP contribution in [-0.2, 0) is 4.74 Å². The first-order chi connectivity index (χ1) is 22.6. The highest BCUT2D eigenvalue weighted by atomic mass is 35.5. The maximum atomic E-state index is 14.1. The predicted molar refractivity (Wildman–Crippen MR) is 178 cm³/mol. The minimum atomic E-state index is -1.38. The molecule has 7 rings (SSSR count). The van der Waals surface area contributed by atoms with Crippen molar-refractivity contribution in [2.45, 2.75) is 44.2 Å². The van der Waals surface area contributed by atoms with Crippen LogP contribution >= 0.6 is 11.6 Å². The predicted octanol–water partition coefficient (Wildman–Crippen LogP) is 6.99. The fraction of sp³-hybridized carbons (Fsp3) is 0.472. The van der Waals surface area contributed by atoms with Crippen LogP contribution in [0.1, 0.15) is 49.0 Å². The van der Waals surface area contributed by atoms with Crippen molar-refractivity contribution in [2.75, 3.05) is 41.5 Å². The first kappa shape index (κ1) is 32.9. The molecule has 4 fully saturated rings. The lowest BCUT2D eigenvalue weighted by Gasteiger charge is -2.59. The molecule has 2 aromatic carbocycles. The van der Waals surface area contributed by atoms with Crippen LogP contribution < -0.4 is 19.5 Å². The number of pyridine rings is 1. The maximum absolute atomic E-state index is 14.1. The zero-order valence-corrected chi connectivity index (χ0v) is 28.0. The van der Waals surface area contributed by atoms with Crippen molar-refractivity contribution >= 4 is 23.7 Å². The highest BCUT2D eigenvalue weighted by molar-refractivity contribution is 6.32. The quantitative estimate of drug-likeness (QED) is 0.120. The van der Waals surface area contributed by atoms with Crippen LogP contribution in [0.3, 0.4) is 0 Å². The van der Waals surface area contributed by atoms with E-state index in [2.05, 4.69) is 10.2 Å². The Kier molecular flexibility index (Phi) is 9.53. The molecule has 4 saturated carbocycles. The second-order valence-corrected chi connectivity index (χ2v) is 13.6. The number of ether oxygens (including phenoxy) is 4. The summed E-state index contributed by atoms with van der Waals surface area (Å²) < 4.78 is 23.2. The van der Waals surface area contributed by atoms with E-state index < -0.39 is 17.8 Å². The van der Waals surface area contributed by atoms with Crippen molar-refractivity contribution < 1.29 is 33.6 Å². The van der Waals surface area contributed by atoms with E-state index in [9.17, 15) is 14.7 Å². The van der Waals surface area contributed by atoms with E-state index in [0.717, 1.165) is 38.6 Å². The van der Waals surface area contributed by atoms with Crippen molar-refractivity contribution in [1.82, 2.24) is 15.2 Å². The average molecular weight is 664 g/mol. The monoisotopic (exact) mass is 663 g/mol. The molecule has 2 N–H and O–H groups in total. The third-order valence-corrected chi connectivity index (χ3v) is 10.3. The summed E-state index contributed by atoms with van der Waals surface area (Å²) in [5, 5.41) is 13.3. The Morgan fingerprint density at radius 3 is 2.21 bits per heavy atom. The number of amides is 1. The Bertz CT molecular complexity index is 1590. The third kappa shape index (κ3) is 6.58. The summed E-state index contributed by atoms with van der Waals surface area (Å²) in [7, 11) is 7.19. The lowest BCUT2D eigenvalue weighted by molar-refractivity contribution is -0.191. The fourth-order valence-corrected chi connectivity index (χ4v) is 8.29. The molecular weight excluding hydrogens is 622 g/mol. The zero-order chi connectivity index (χ0) is 33.3. The van der Waals surface area contributed by atoms with Crippen molar-refractivity contribution in [3.05, 3.63) is 59.2 Å². The summed E-state index contributed by atoms with van der Waals surface area (Å²) in [6.07, 6.45) is 3.97. The summed E-state index contributed by atoms with van der Waals surface area (Å²) in [4.78, 5) is 33.1. The largest absolute Gasteiger partial charge is 0.507 e. The molecule has 4 aliphatic carbocycles. The van der Waals surface area contributed by atoms with Crippen LogP contribution in [-0.4, -0.2) is 74.2 Å². The van der Waals surface area contributed by atoms with Gasteiger partial charge in [0.25, 0.3) is 5.91 Å². The second-order valence-electron chi connectivity index (χ2n) is 13.2. The van der Waals surface area contributed by atoms with E-state index in [4.69, 9.17) is 35.5 Å². The molecule has 250 valence electrons. The van der Waals surface area contributed by atoms with Crippen LogP contribution in [0.25, 0.3) is 22.4 Å². The van der Waals surface area contributed by atoms with Gasteiger partial charge in [0.1, 0.15) is 22.9 Å². The second kappa shape index (κ2) is 13.6. The smallest absolute Gasteiger partial charge is 0.496 e. The van der Waals surface area contributed by atoms with Gasteiger partial charge < -0.3 is 34.3 Å². The maximum Gasteiger partial charge on any atom is 0.507 e. The van der Waals surface area contributed by atoms with Gasteiger partial charge in [-0.25, -0.2) is 9.78 Å². The van der Waals surface area contributed by atoms with Crippen LogP contribution in [0.15, 0.2) is 48.5 Å². The van der Waals surface area contributed by atoms with E-state index in [-0.39, 0.29) is 17.5 Å². The number of aromatic nitrogens is 1. The number of benzene rings is 2. The number of carbonyl (C=O) groups is 2. The molecule has 0 saturated heterocycles. The molecule has 0 spiro atoms. The molecular formula is C36H42ClN3O7. The highest BCUT2D eigenvalue weighted by Gasteiger charge is 2.61. The Morgan fingerprint density at radius 1 is 0.957 bits per heavy atom. The van der Waals surface area contributed by atoms with Gasteiger partial charge in [-0.1, -0.05) is 23.7 Å². The Labute approximate surface area is 280 Å². The van der Waals surface area contributed by atoms with Crippen LogP contribution in [0.5, 0.6) is 17.2 Å². The first-order valence-electron chi connectivity index (χ1n) is 16.2. The Hall–Kier alpha value is -4.02. The van der Waals surface area contributed by atoms with E-state index in [1.165, 1.54) is 6.42 Å². The van der Waals surface area contributed by atoms with Gasteiger partial charge in [-0.15, -0.1) is 0 Å². The van der Waals surface area contributed by atoms with Crippen molar-refractivity contribution in [2.24, 2.45) is 23.7 Å². The summed E-state index contributed by atoms with van der Waals surface area (Å²) in [6.45, 7) is 1.34. The van der Waals surface area contributed by atoms with Crippen LogP contribution in [0.2, 0.25) is 5.02 Å². The van der Waals surface area contributed by atoms with Gasteiger partial charge >= 0.3 is 6.16 Å². The number of halogens is 1. The summed E-state index contributed by atoms with van der Waals surface area (Å²) in [5.74, 6) is 2.10. The average Bonchev–Trinajstić information content (AvgIpc) is 3.04. The van der Waals surface area contributed by atoms with E-state index >= 15 is 0 Å². The van der Waals surface area contributed by atoms with E-state index in [1.807, 2.05) is 50.5 Å². The van der Waals surface area contributed by atoms with E-state index in [0.29, 0.717) is 63.1 Å². The molecule has 0 unspecified atom stereocenters. The number of hydrogen-bond acceptors (Lipinski definition) is 8. The van der Waals surface area contributed by atoms with Crippen molar-refractivity contribution in [3.63, 3.8) is 0 Å². The molecule has 4 aliphatic rings. The van der Waals surface area contributed by atoms with Crippen LogP contribution in [0.4, 0.5) is 4.79 Å². The standard InChI is InChI=1S/C36H42ClN3O7/c1-40(2)13-6-14-46-31-20-23(9-11-27(31)37)33-26(32-29(44-3)7-5-8-30(32)45-4)10-12-28(38-33)34(41)39-36(47-35(42)43)24-16-21-15-22(18-24)19-25(36)17-21/h5,7-12,20-22,24-25H,6,13-19H2,1-4H3,(H,39,41)(H,42,43). The number of carbonyl (C=O) groups excluding carboxylic acids is 1. The van der Waals surface area contributed by atoms with Gasteiger partial charge in [0.15, 0.2) is 5.72 Å². The normalized spacial score (nSPS) is 24.2. The molecule has 1 aromatic heterocycles. The molecule has 1 heterocycles. The van der Waals surface area contributed by atoms with Gasteiger partial charge in [0, 0.05) is 29.5 Å². The van der Waals surface area contributed by atoms with Crippen molar-refractivity contribution in [3.8, 4) is 39.6 Å². The third-order valence-electron chi connectivity index (χ3n) is 9.95. The van der Waals surface area contributed by atoms with Gasteiger partial charge in [-0.3, -0.25) is 4.79 Å². The molecule has 0 radical (unpaired) electrons. The molecule has 0 atom stereocenters. The number of nitrogens with zero attached hydrogens (tertiary/aromatic N) is 2. The van der Waals surface area contributed by atoms with Gasteiger partial charge in [0.2, 0.25) is 0 Å². The minimum Gasteiger partial charge on any atom is -0.496 e. The van der Waals surface area contributed by atoms with Crippen molar-refractivity contribution in [1.29, 1.82) is 0 Å². The fourth-order valence-electron chi connectivity index (χ4n) is 8.11. The molecule has 47 heavy (non-hydrogen) atoms. The molecule has 11 heteroatoms. The Balaban J connectivity index is 1.41. The Morgan fingerprint density at radius 2 is 1.62 bits per heavy atom. The zero-order valence-electron chi connectivity index (χ0n) is 27.3. The number of carboxylic acid groups (broad SMARTS) is 1. The van der Waals surface area contributed by atoms with Gasteiger partial charge in [0.05, 0.1) is 37.1 Å². The molecule has 0 aliphatic heterocycles. The number of nitrogens with one attached hydrogen (secondary N) is 1. The lowest BCUT2D eigenvalue weighted by atomic mass is 9.52. The topological polar surface area (TPSA) is 119 Å². The van der Waals surface area contributed by atoms with Gasteiger partial charge in [-0.05, 0) is 101 Å². The number of rotatable bonds is 12. The first-order valence-corrected chi connectivity index (χ1v) is 16.5. The SMILES string of the molecule is COc1cccc(OC)c1-c1ccc(C(=O)NC2(OC(=O)O)C3CC4CC(C3)CC2C4)nc1-c1ccc(Cl)c(OCCCN(C)C)c1. The summed E-state index contributed by atoms with van der Waals surface area (Å²) in [5.41, 5.74) is 1.33. The lowest BCUT2D eigenvalue weighted by Crippen LogP contribution is -2.68. The van der Waals surface area contributed by atoms with Crippen LogP contribution in [0, 0.1) is 23.7 Å². The van der Waals surface area contributed by atoms with Gasteiger partial charge in [-0.2, -0.15) is 0 Å². The molecule has 10 nitrogen and oxygen atoms in total. The van der Waals surface area contributed by atoms with E-state index in [1.54, 1.807) is 26.4 Å². The number of hydrogen-bond donors (Lipinski definition) is 2.